The largest absolute Gasteiger partial charge is 0.322 e. The summed E-state index contributed by atoms with van der Waals surface area (Å²) in [4.78, 5) is 28.2. The fraction of sp³-hybridized carbons (Fsp3) is 0.263. The van der Waals surface area contributed by atoms with E-state index in [1.807, 2.05) is 43.4 Å². The monoisotopic (exact) mass is 354 g/mol. The molecule has 1 aliphatic rings. The van der Waals surface area contributed by atoms with Gasteiger partial charge in [-0.1, -0.05) is 24.3 Å². The molecule has 3 N–H and O–H groups in total. The number of urea groups is 1. The van der Waals surface area contributed by atoms with E-state index in [9.17, 15) is 9.59 Å². The Labute approximate surface area is 152 Å². The molecule has 0 unspecified atom stereocenters. The van der Waals surface area contributed by atoms with Crippen molar-refractivity contribution in [3.8, 4) is 0 Å². The highest BCUT2D eigenvalue weighted by atomic mass is 16.5. The van der Waals surface area contributed by atoms with E-state index >= 15 is 0 Å². The number of para-hydroxylation sites is 1. The molecule has 1 heterocycles. The lowest BCUT2D eigenvalue weighted by Gasteiger charge is -2.30. The molecule has 0 fully saturated rings. The van der Waals surface area contributed by atoms with Crippen molar-refractivity contribution in [1.82, 2.24) is 15.3 Å². The van der Waals surface area contributed by atoms with E-state index in [0.29, 0.717) is 25.2 Å². The highest BCUT2D eigenvalue weighted by Crippen LogP contribution is 2.19. The number of anilines is 1. The van der Waals surface area contributed by atoms with Crippen LogP contribution in [0.5, 0.6) is 0 Å². The van der Waals surface area contributed by atoms with E-state index in [2.05, 4.69) is 10.2 Å². The first-order valence-corrected chi connectivity index (χ1v) is 8.42. The van der Waals surface area contributed by atoms with Gasteiger partial charge in [0.1, 0.15) is 0 Å². The molecule has 3 rings (SSSR count). The molecule has 1 aliphatic heterocycles. The maximum Gasteiger partial charge on any atom is 0.322 e. The van der Waals surface area contributed by atoms with Gasteiger partial charge in [-0.15, -0.1) is 0 Å². The van der Waals surface area contributed by atoms with Crippen molar-refractivity contribution in [2.45, 2.75) is 13.1 Å². The van der Waals surface area contributed by atoms with E-state index in [4.69, 9.17) is 5.21 Å². The van der Waals surface area contributed by atoms with Crippen LogP contribution in [0.1, 0.15) is 21.5 Å². The lowest BCUT2D eigenvalue weighted by Crippen LogP contribution is -2.41. The summed E-state index contributed by atoms with van der Waals surface area (Å²) >= 11 is 0. The van der Waals surface area contributed by atoms with Crippen LogP contribution in [0, 0.1) is 0 Å². The summed E-state index contributed by atoms with van der Waals surface area (Å²) in [6, 6.07) is 14.4. The fourth-order valence-electron chi connectivity index (χ4n) is 2.98. The second-order valence-electron chi connectivity index (χ2n) is 6.38. The van der Waals surface area contributed by atoms with Crippen molar-refractivity contribution >= 4 is 17.6 Å². The van der Waals surface area contributed by atoms with Crippen LogP contribution in [-0.4, -0.2) is 47.1 Å². The standard InChI is InChI=1S/C19H22N4O3/c1-22-9-10-23(19(25)20-17-5-3-2-4-6-17)13-15-8-7-14(18(24)21-26)11-16(15)12-22/h2-8,11,26H,9-10,12-13H2,1H3,(H,20,25)(H,21,24). The highest BCUT2D eigenvalue weighted by molar-refractivity contribution is 5.93. The number of carbonyl (C=O) groups is 2. The zero-order chi connectivity index (χ0) is 18.5. The van der Waals surface area contributed by atoms with Crippen LogP contribution >= 0.6 is 0 Å². The third kappa shape index (κ3) is 4.19. The summed E-state index contributed by atoms with van der Waals surface area (Å²) in [6.07, 6.45) is 0. The summed E-state index contributed by atoms with van der Waals surface area (Å²) in [5.74, 6) is -0.545. The van der Waals surface area contributed by atoms with Gasteiger partial charge in [-0.2, -0.15) is 0 Å². The van der Waals surface area contributed by atoms with Gasteiger partial charge in [0.2, 0.25) is 0 Å². The fourth-order valence-corrected chi connectivity index (χ4v) is 2.98. The van der Waals surface area contributed by atoms with E-state index in [1.165, 1.54) is 0 Å². The van der Waals surface area contributed by atoms with Crippen molar-refractivity contribution in [2.24, 2.45) is 0 Å². The lowest BCUT2D eigenvalue weighted by atomic mass is 10.0. The minimum absolute atomic E-state index is 0.158. The summed E-state index contributed by atoms with van der Waals surface area (Å²) in [6.45, 7) is 2.46. The predicted octanol–water partition coefficient (Wildman–Crippen LogP) is 2.29. The van der Waals surface area contributed by atoms with E-state index in [1.54, 1.807) is 22.5 Å². The van der Waals surface area contributed by atoms with Crippen molar-refractivity contribution in [2.75, 3.05) is 25.5 Å². The summed E-state index contributed by atoms with van der Waals surface area (Å²) < 4.78 is 0. The van der Waals surface area contributed by atoms with E-state index in [-0.39, 0.29) is 6.03 Å². The Morgan fingerprint density at radius 1 is 1.00 bits per heavy atom. The smallest absolute Gasteiger partial charge is 0.319 e. The minimum atomic E-state index is -0.545. The molecular formula is C19H22N4O3. The third-order valence-corrected chi connectivity index (χ3v) is 4.44. The Morgan fingerprint density at radius 3 is 2.50 bits per heavy atom. The number of amides is 3. The average molecular weight is 354 g/mol. The number of fused-ring (bicyclic) bond motifs is 1. The van der Waals surface area contributed by atoms with Crippen molar-refractivity contribution in [1.29, 1.82) is 0 Å². The summed E-state index contributed by atoms with van der Waals surface area (Å²) in [5, 5.41) is 11.7. The second kappa shape index (κ2) is 7.99. The maximum atomic E-state index is 12.7. The van der Waals surface area contributed by atoms with Gasteiger partial charge in [-0.3, -0.25) is 10.0 Å². The minimum Gasteiger partial charge on any atom is -0.319 e. The molecule has 0 saturated heterocycles. The normalized spacial score (nSPS) is 14.8. The SMILES string of the molecule is CN1CCN(C(=O)Nc2ccccc2)Cc2ccc(C(=O)NO)cc2C1. The molecule has 136 valence electrons. The molecule has 2 aromatic rings. The number of hydrogen-bond acceptors (Lipinski definition) is 4. The molecule has 3 amide bonds. The molecule has 26 heavy (non-hydrogen) atoms. The Kier molecular flexibility index (Phi) is 5.50. The van der Waals surface area contributed by atoms with Crippen LogP contribution in [0.15, 0.2) is 48.5 Å². The molecule has 0 atom stereocenters. The number of rotatable bonds is 2. The Hall–Kier alpha value is -2.90. The Morgan fingerprint density at radius 2 is 1.77 bits per heavy atom. The van der Waals surface area contributed by atoms with Crippen molar-refractivity contribution < 1.29 is 14.8 Å². The first kappa shape index (κ1) is 17.9. The second-order valence-corrected chi connectivity index (χ2v) is 6.38. The topological polar surface area (TPSA) is 84.9 Å². The van der Waals surface area contributed by atoms with Crippen molar-refractivity contribution in [3.63, 3.8) is 0 Å². The first-order chi connectivity index (χ1) is 12.6. The number of benzene rings is 2. The molecule has 0 aromatic heterocycles. The van der Waals surface area contributed by atoms with Gasteiger partial charge in [0, 0.05) is 37.4 Å². The number of hydrogen-bond donors (Lipinski definition) is 3. The van der Waals surface area contributed by atoms with Gasteiger partial charge < -0.3 is 15.1 Å². The van der Waals surface area contributed by atoms with Gasteiger partial charge in [0.05, 0.1) is 0 Å². The van der Waals surface area contributed by atoms with Crippen LogP contribution in [0.25, 0.3) is 0 Å². The maximum absolute atomic E-state index is 12.7. The average Bonchev–Trinajstić information content (AvgIpc) is 2.64. The third-order valence-electron chi connectivity index (χ3n) is 4.44. The molecule has 0 saturated carbocycles. The highest BCUT2D eigenvalue weighted by Gasteiger charge is 2.20. The Bertz CT molecular complexity index is 795. The molecule has 7 nitrogen and oxygen atoms in total. The molecule has 0 spiro atoms. The van der Waals surface area contributed by atoms with E-state index < -0.39 is 5.91 Å². The zero-order valence-electron chi connectivity index (χ0n) is 14.6. The number of nitrogens with one attached hydrogen (secondary N) is 2. The molecule has 0 bridgehead atoms. The lowest BCUT2D eigenvalue weighted by molar-refractivity contribution is 0.0706. The van der Waals surface area contributed by atoms with Crippen LogP contribution in [0.2, 0.25) is 0 Å². The van der Waals surface area contributed by atoms with Gasteiger partial charge in [-0.25, -0.2) is 10.3 Å². The van der Waals surface area contributed by atoms with Gasteiger partial charge in [0.25, 0.3) is 5.91 Å². The number of nitrogens with zero attached hydrogens (tertiary/aromatic N) is 2. The number of likely N-dealkylation sites (N-methyl/N-ethyl adjacent to an activating group) is 1. The zero-order valence-corrected chi connectivity index (χ0v) is 14.6. The van der Waals surface area contributed by atoms with Gasteiger partial charge >= 0.3 is 6.03 Å². The van der Waals surface area contributed by atoms with E-state index in [0.717, 1.165) is 23.4 Å². The van der Waals surface area contributed by atoms with Crippen molar-refractivity contribution in [3.05, 3.63) is 65.2 Å². The summed E-state index contributed by atoms with van der Waals surface area (Å²) in [7, 11) is 1.97. The van der Waals surface area contributed by atoms with Crippen LogP contribution in [0.3, 0.4) is 0 Å². The van der Waals surface area contributed by atoms with Gasteiger partial charge in [-0.05, 0) is 42.4 Å². The number of carbonyl (C=O) groups excluding carboxylic acids is 2. The van der Waals surface area contributed by atoms with Crippen LogP contribution in [0.4, 0.5) is 10.5 Å². The predicted molar refractivity (Wildman–Crippen MR) is 97.9 cm³/mol. The molecule has 7 heteroatoms. The summed E-state index contributed by atoms with van der Waals surface area (Å²) in [5.41, 5.74) is 4.74. The van der Waals surface area contributed by atoms with Crippen LogP contribution < -0.4 is 10.8 Å². The van der Waals surface area contributed by atoms with Crippen LogP contribution in [-0.2, 0) is 13.1 Å². The molecule has 2 aromatic carbocycles. The quantitative estimate of drug-likeness (QED) is 0.571. The number of hydroxylamine groups is 1. The molecule has 0 radical (unpaired) electrons. The molecular weight excluding hydrogens is 332 g/mol. The Balaban J connectivity index is 1.82. The van der Waals surface area contributed by atoms with Gasteiger partial charge in [0.15, 0.2) is 0 Å². The molecule has 0 aliphatic carbocycles. The first-order valence-electron chi connectivity index (χ1n) is 8.42.